The summed E-state index contributed by atoms with van der Waals surface area (Å²) in [5.74, 6) is -0.953. The summed E-state index contributed by atoms with van der Waals surface area (Å²) in [5.41, 5.74) is 2.30. The van der Waals surface area contributed by atoms with Crippen LogP contribution in [0.2, 0.25) is 0 Å². The minimum atomic E-state index is -0.963. The number of amides is 3. The molecule has 0 spiro atoms. The van der Waals surface area contributed by atoms with Gasteiger partial charge in [0.2, 0.25) is 11.8 Å². The van der Waals surface area contributed by atoms with Gasteiger partial charge in [0.1, 0.15) is 34.6 Å². The molecule has 378 valence electrons. The number of hydrogen-bond donors (Lipinski definition) is 3. The number of β-amino-alcohol motifs (C(OH)–C–C–N with tert-alkyl or cyclic N) is 1. The number of halogens is 2. The van der Waals surface area contributed by atoms with Crippen LogP contribution >= 0.6 is 0 Å². The lowest BCUT2D eigenvalue weighted by Gasteiger charge is -2.53. The number of nitrogens with one attached hydrogen (secondary N) is 1. The summed E-state index contributed by atoms with van der Waals surface area (Å²) in [7, 11) is 0. The van der Waals surface area contributed by atoms with Gasteiger partial charge in [-0.3, -0.25) is 39.4 Å². The van der Waals surface area contributed by atoms with Gasteiger partial charge in [0, 0.05) is 126 Å². The minimum Gasteiger partial charge on any atom is -0.508 e. The number of piperazine rings is 1. The number of hydrogen-bond acceptors (Lipinski definition) is 14. The van der Waals surface area contributed by atoms with Crippen molar-refractivity contribution in [3.05, 3.63) is 77.0 Å². The monoisotopic (exact) mass is 984 g/mol. The van der Waals surface area contributed by atoms with Gasteiger partial charge in [0.25, 0.3) is 5.91 Å². The molecular formula is C54H62F2N10O6. The SMILES string of the molecule is CCc1c(F)ccc2cc(O)cc(-c3ncc4c(N5CCC[C@@](C)(O)C5)nc(OCC5(CN6CC(N7CC(CN8CCN(c9ccc%10c(c9)CN([C@@H]9CCC(=O)NC9=O)C%10=O)CC8)C7)C6)CC5)nc4c3F)c12. The summed E-state index contributed by atoms with van der Waals surface area (Å²) in [4.78, 5) is 65.2. The first-order valence-corrected chi connectivity index (χ1v) is 25.8. The molecule has 2 atom stereocenters. The molecule has 3 aromatic carbocycles. The fourth-order valence-electron chi connectivity index (χ4n) is 12.4. The number of ether oxygens (including phenoxy) is 1. The van der Waals surface area contributed by atoms with E-state index in [1.807, 2.05) is 24.0 Å². The Labute approximate surface area is 416 Å². The number of aryl methyl sites for hydroxylation is 1. The largest absolute Gasteiger partial charge is 0.508 e. The highest BCUT2D eigenvalue weighted by Crippen LogP contribution is 2.48. The molecule has 16 nitrogen and oxygen atoms in total. The Kier molecular flexibility index (Phi) is 11.8. The lowest BCUT2D eigenvalue weighted by Crippen LogP contribution is -2.67. The molecule has 6 aliphatic heterocycles. The van der Waals surface area contributed by atoms with Gasteiger partial charge in [-0.1, -0.05) is 13.0 Å². The van der Waals surface area contributed by atoms with Crippen LogP contribution in [0.5, 0.6) is 11.8 Å². The summed E-state index contributed by atoms with van der Waals surface area (Å²) in [6, 6.07) is 11.9. The highest BCUT2D eigenvalue weighted by atomic mass is 19.1. The number of imide groups is 1. The highest BCUT2D eigenvalue weighted by molar-refractivity contribution is 6.06. The molecule has 12 rings (SSSR count). The number of aliphatic hydroxyl groups is 1. The molecular weight excluding hydrogens is 923 g/mol. The molecule has 5 aromatic rings. The minimum absolute atomic E-state index is 0.0131. The van der Waals surface area contributed by atoms with Crippen molar-refractivity contribution in [1.82, 2.24) is 39.9 Å². The number of piperidine rings is 2. The van der Waals surface area contributed by atoms with Crippen molar-refractivity contribution < 1.29 is 38.1 Å². The molecule has 3 N–H and O–H groups in total. The highest BCUT2D eigenvalue weighted by Gasteiger charge is 2.49. The van der Waals surface area contributed by atoms with Crippen molar-refractivity contribution in [3.63, 3.8) is 0 Å². The quantitative estimate of drug-likeness (QED) is 0.133. The standard InChI is InChI=1S/C54H62F2N10O6/c1-3-38-42(55)8-5-33-20-37(67)21-40(45(33)38)47-46(56)48-41(22-57-47)49(64-14-4-11-53(2,71)29-64)60-52(59-48)72-31-54(12-13-54)30-62-27-36(28-62)65-24-32(25-65)23-61-15-17-63(18-16-61)35-6-7-39-34(19-35)26-66(51(39)70)43-9-10-44(68)58-50(43)69/h5-8,19-22,32,36,43,67,71H,3-4,9-18,23-31H2,1-2H3,(H,58,68,69)/t43-,53-/m1/s1. The number of carbonyl (C=O) groups excluding carboxylic acids is 3. The lowest BCUT2D eigenvalue weighted by atomic mass is 9.93. The Hall–Kier alpha value is -6.08. The molecule has 7 aliphatic rings. The molecule has 72 heavy (non-hydrogen) atoms. The van der Waals surface area contributed by atoms with E-state index in [9.17, 15) is 24.6 Å². The van der Waals surface area contributed by atoms with E-state index in [4.69, 9.17) is 9.72 Å². The van der Waals surface area contributed by atoms with E-state index in [1.54, 1.807) is 24.0 Å². The third kappa shape index (κ3) is 8.76. The van der Waals surface area contributed by atoms with Gasteiger partial charge in [-0.2, -0.15) is 9.97 Å². The Morgan fingerprint density at radius 3 is 2.46 bits per heavy atom. The maximum atomic E-state index is 17.1. The number of fused-ring (bicyclic) bond motifs is 3. The number of anilines is 2. The Morgan fingerprint density at radius 1 is 0.903 bits per heavy atom. The van der Waals surface area contributed by atoms with Crippen LogP contribution in [0.3, 0.4) is 0 Å². The van der Waals surface area contributed by atoms with E-state index < -0.39 is 29.2 Å². The number of carbonyl (C=O) groups is 3. The van der Waals surface area contributed by atoms with E-state index in [2.05, 4.69) is 41.0 Å². The van der Waals surface area contributed by atoms with Crippen molar-refractivity contribution in [1.29, 1.82) is 0 Å². The van der Waals surface area contributed by atoms with Crippen molar-refractivity contribution in [2.24, 2.45) is 11.3 Å². The molecule has 0 radical (unpaired) electrons. The van der Waals surface area contributed by atoms with Gasteiger partial charge in [-0.05, 0) is 110 Å². The Bertz CT molecular complexity index is 3000. The van der Waals surface area contributed by atoms with Crippen LogP contribution in [0.4, 0.5) is 20.3 Å². The van der Waals surface area contributed by atoms with Crippen LogP contribution in [0.25, 0.3) is 32.9 Å². The van der Waals surface area contributed by atoms with E-state index in [0.29, 0.717) is 90.6 Å². The number of aromatic nitrogens is 3. The topological polar surface area (TPSA) is 171 Å². The summed E-state index contributed by atoms with van der Waals surface area (Å²) < 4.78 is 38.7. The smallest absolute Gasteiger partial charge is 0.319 e. The maximum absolute atomic E-state index is 17.1. The number of likely N-dealkylation sites (tertiary alicyclic amines) is 2. The fourth-order valence-corrected chi connectivity index (χ4v) is 12.4. The average Bonchev–Trinajstić information content (AvgIpc) is 4.03. The molecule has 8 heterocycles. The van der Waals surface area contributed by atoms with Crippen LogP contribution in [-0.2, 0) is 22.6 Å². The third-order valence-electron chi connectivity index (χ3n) is 16.6. The van der Waals surface area contributed by atoms with Crippen LogP contribution < -0.4 is 19.9 Å². The van der Waals surface area contributed by atoms with E-state index in [0.717, 1.165) is 96.0 Å². The zero-order valence-corrected chi connectivity index (χ0v) is 41.0. The van der Waals surface area contributed by atoms with E-state index >= 15 is 8.78 Å². The van der Waals surface area contributed by atoms with Gasteiger partial charge in [0.15, 0.2) is 5.82 Å². The predicted molar refractivity (Wildman–Crippen MR) is 267 cm³/mol. The van der Waals surface area contributed by atoms with Gasteiger partial charge in [-0.15, -0.1) is 0 Å². The second kappa shape index (κ2) is 18.1. The van der Waals surface area contributed by atoms with Crippen molar-refractivity contribution in [2.75, 3.05) is 94.9 Å². The summed E-state index contributed by atoms with van der Waals surface area (Å²) >= 11 is 0. The molecule has 1 saturated carbocycles. The fraction of sp³-hybridized carbons (Fsp3) is 0.519. The molecule has 0 bridgehead atoms. The zero-order chi connectivity index (χ0) is 49.6. The number of benzene rings is 3. The molecule has 2 aromatic heterocycles. The lowest BCUT2D eigenvalue weighted by molar-refractivity contribution is -0.136. The van der Waals surface area contributed by atoms with Gasteiger partial charge in [-0.25, -0.2) is 8.78 Å². The molecule has 0 unspecified atom stereocenters. The average molecular weight is 985 g/mol. The first kappa shape index (κ1) is 47.0. The zero-order valence-electron chi connectivity index (χ0n) is 41.0. The first-order valence-electron chi connectivity index (χ1n) is 25.8. The second-order valence-corrected chi connectivity index (χ2v) is 22.0. The number of phenolic OH excluding ortho intramolecular Hbond substituents is 1. The molecule has 6 fully saturated rings. The van der Waals surface area contributed by atoms with Gasteiger partial charge >= 0.3 is 6.01 Å². The van der Waals surface area contributed by atoms with Crippen LogP contribution in [0, 0.1) is 23.0 Å². The molecule has 5 saturated heterocycles. The van der Waals surface area contributed by atoms with Gasteiger partial charge < -0.3 is 29.6 Å². The molecule has 18 heteroatoms. The first-order chi connectivity index (χ1) is 34.7. The van der Waals surface area contributed by atoms with Crippen LogP contribution in [0.1, 0.15) is 73.9 Å². The van der Waals surface area contributed by atoms with Crippen molar-refractivity contribution >= 4 is 50.9 Å². The number of rotatable bonds is 13. The third-order valence-corrected chi connectivity index (χ3v) is 16.6. The van der Waals surface area contributed by atoms with Gasteiger partial charge in [0.05, 0.1) is 17.6 Å². The normalized spacial score (nSPS) is 24.2. The molecule has 1 aliphatic carbocycles. The second-order valence-electron chi connectivity index (χ2n) is 22.0. The number of aromatic hydroxyl groups is 1. The summed E-state index contributed by atoms with van der Waals surface area (Å²) in [5, 5.41) is 25.6. The predicted octanol–water partition coefficient (Wildman–Crippen LogP) is 5.10. The van der Waals surface area contributed by atoms with Crippen LogP contribution in [0.15, 0.2) is 48.7 Å². The summed E-state index contributed by atoms with van der Waals surface area (Å²) in [6.45, 7) is 15.3. The number of phenols is 1. The maximum Gasteiger partial charge on any atom is 0.319 e. The number of pyridine rings is 1. The molecule has 3 amide bonds. The van der Waals surface area contributed by atoms with Crippen molar-refractivity contribution in [3.8, 4) is 23.0 Å². The van der Waals surface area contributed by atoms with Crippen LogP contribution in [-0.4, -0.2) is 165 Å². The van der Waals surface area contributed by atoms with E-state index in [-0.39, 0.29) is 52.2 Å². The Morgan fingerprint density at radius 2 is 1.71 bits per heavy atom. The van der Waals surface area contributed by atoms with Crippen molar-refractivity contribution in [2.45, 2.75) is 83.0 Å². The Balaban J connectivity index is 0.649. The van der Waals surface area contributed by atoms with E-state index in [1.165, 1.54) is 18.3 Å². The number of nitrogens with zero attached hydrogens (tertiary/aromatic N) is 9. The summed E-state index contributed by atoms with van der Waals surface area (Å²) in [6.07, 6.45) is 5.88.